The summed E-state index contributed by atoms with van der Waals surface area (Å²) < 4.78 is 10.9. The quantitative estimate of drug-likeness (QED) is 0.667. The number of rotatable bonds is 3. The van der Waals surface area contributed by atoms with E-state index < -0.39 is 0 Å². The smallest absolute Gasteiger partial charge is 0.219 e. The predicted molar refractivity (Wildman–Crippen MR) is 111 cm³/mol. The van der Waals surface area contributed by atoms with Crippen LogP contribution in [0.1, 0.15) is 0 Å². The molecule has 2 N–H and O–H groups in total. The maximum atomic E-state index is 5.63. The van der Waals surface area contributed by atoms with Gasteiger partial charge in [0, 0.05) is 38.6 Å². The highest BCUT2D eigenvalue weighted by molar-refractivity contribution is 5.89. The van der Waals surface area contributed by atoms with E-state index in [0.717, 1.165) is 67.6 Å². The van der Waals surface area contributed by atoms with Gasteiger partial charge in [-0.05, 0) is 12.1 Å². The molecule has 0 unspecified atom stereocenters. The van der Waals surface area contributed by atoms with Crippen LogP contribution in [0.3, 0.4) is 0 Å². The second kappa shape index (κ2) is 6.71. The summed E-state index contributed by atoms with van der Waals surface area (Å²) in [6.45, 7) is 6.54. The number of hydrogen-bond donors (Lipinski definition) is 1. The second-order valence-corrected chi connectivity index (χ2v) is 8.19. The SMILES string of the molecule is Nc1ncc(-c2nc(N3CCOCC3)c3nc(N4CC5(COC5)C4)ccc3n2)cn1. The van der Waals surface area contributed by atoms with Crippen molar-refractivity contribution in [2.75, 3.05) is 68.1 Å². The molecule has 0 aromatic carbocycles. The standard InChI is InChI=1S/C20H22N8O2/c21-19-22-7-13(8-23-19)17-24-14-1-2-15(28-9-20(10-28)11-30-12-20)25-16(14)18(26-17)27-3-5-29-6-4-27/h1-2,7-8H,3-6,9-12H2,(H2,21,22,23). The summed E-state index contributed by atoms with van der Waals surface area (Å²) in [6.07, 6.45) is 3.29. The molecule has 3 saturated heterocycles. The highest BCUT2D eigenvalue weighted by atomic mass is 16.5. The minimum Gasteiger partial charge on any atom is -0.380 e. The van der Waals surface area contributed by atoms with Gasteiger partial charge in [0.1, 0.15) is 11.3 Å². The zero-order valence-corrected chi connectivity index (χ0v) is 16.5. The van der Waals surface area contributed by atoms with Crippen LogP contribution in [0, 0.1) is 5.41 Å². The Balaban J connectivity index is 1.42. The topological polar surface area (TPSA) is 115 Å². The average molecular weight is 406 g/mol. The lowest BCUT2D eigenvalue weighted by Gasteiger charge is -2.55. The summed E-state index contributed by atoms with van der Waals surface area (Å²) in [5.41, 5.74) is 8.29. The normalized spacial score (nSPS) is 20.3. The second-order valence-electron chi connectivity index (χ2n) is 8.19. The van der Waals surface area contributed by atoms with E-state index in [1.54, 1.807) is 12.4 Å². The Hall–Kier alpha value is -3.11. The molecule has 0 radical (unpaired) electrons. The maximum absolute atomic E-state index is 5.63. The third-order valence-corrected chi connectivity index (χ3v) is 5.94. The Morgan fingerprint density at radius 2 is 1.67 bits per heavy atom. The minimum atomic E-state index is 0.225. The zero-order chi connectivity index (χ0) is 20.1. The van der Waals surface area contributed by atoms with E-state index >= 15 is 0 Å². The van der Waals surface area contributed by atoms with Crippen molar-refractivity contribution < 1.29 is 9.47 Å². The first-order valence-electron chi connectivity index (χ1n) is 10.1. The van der Waals surface area contributed by atoms with Crippen LogP contribution in [-0.2, 0) is 9.47 Å². The summed E-state index contributed by atoms with van der Waals surface area (Å²) in [7, 11) is 0. The third-order valence-electron chi connectivity index (χ3n) is 5.94. The number of fused-ring (bicyclic) bond motifs is 1. The molecule has 30 heavy (non-hydrogen) atoms. The highest BCUT2D eigenvalue weighted by Crippen LogP contribution is 2.40. The van der Waals surface area contributed by atoms with Crippen LogP contribution in [0.25, 0.3) is 22.4 Å². The van der Waals surface area contributed by atoms with Crippen molar-refractivity contribution in [1.29, 1.82) is 0 Å². The molecule has 10 heteroatoms. The van der Waals surface area contributed by atoms with Gasteiger partial charge in [0.15, 0.2) is 11.6 Å². The first-order valence-corrected chi connectivity index (χ1v) is 10.1. The van der Waals surface area contributed by atoms with Crippen molar-refractivity contribution in [2.24, 2.45) is 5.41 Å². The molecule has 3 aromatic rings. The lowest BCUT2D eigenvalue weighted by Crippen LogP contribution is -2.66. The molecule has 1 spiro atoms. The number of morpholine rings is 1. The van der Waals surface area contributed by atoms with Crippen LogP contribution in [0.5, 0.6) is 0 Å². The molecule has 10 nitrogen and oxygen atoms in total. The summed E-state index contributed by atoms with van der Waals surface area (Å²) in [5, 5.41) is 0. The summed E-state index contributed by atoms with van der Waals surface area (Å²) in [6, 6.07) is 4.06. The number of pyridine rings is 1. The van der Waals surface area contributed by atoms with Gasteiger partial charge in [-0.1, -0.05) is 0 Å². The van der Waals surface area contributed by atoms with E-state index in [4.69, 9.17) is 30.2 Å². The fraction of sp³-hybridized carbons (Fsp3) is 0.450. The van der Waals surface area contributed by atoms with Crippen molar-refractivity contribution >= 4 is 28.6 Å². The molecule has 3 fully saturated rings. The number of anilines is 3. The monoisotopic (exact) mass is 406 g/mol. The maximum Gasteiger partial charge on any atom is 0.219 e. The predicted octanol–water partition coefficient (Wildman–Crippen LogP) is 0.737. The van der Waals surface area contributed by atoms with Crippen LogP contribution >= 0.6 is 0 Å². The number of ether oxygens (including phenoxy) is 2. The van der Waals surface area contributed by atoms with Crippen molar-refractivity contribution in [3.05, 3.63) is 24.5 Å². The first kappa shape index (κ1) is 17.7. The van der Waals surface area contributed by atoms with Gasteiger partial charge in [-0.2, -0.15) is 0 Å². The molecule has 0 amide bonds. The van der Waals surface area contributed by atoms with Gasteiger partial charge in [0.05, 0.1) is 42.9 Å². The largest absolute Gasteiger partial charge is 0.380 e. The van der Waals surface area contributed by atoms with Crippen LogP contribution in [0.15, 0.2) is 24.5 Å². The Bertz CT molecular complexity index is 1090. The van der Waals surface area contributed by atoms with Gasteiger partial charge >= 0.3 is 0 Å². The summed E-state index contributed by atoms with van der Waals surface area (Å²) >= 11 is 0. The summed E-state index contributed by atoms with van der Waals surface area (Å²) in [5.74, 6) is 2.57. The molecule has 6 rings (SSSR count). The van der Waals surface area contributed by atoms with E-state index in [9.17, 15) is 0 Å². The van der Waals surface area contributed by atoms with Crippen LogP contribution in [0.2, 0.25) is 0 Å². The molecule has 3 aromatic heterocycles. The van der Waals surface area contributed by atoms with E-state index in [1.165, 1.54) is 0 Å². The van der Waals surface area contributed by atoms with E-state index in [0.29, 0.717) is 24.5 Å². The molecule has 3 aliphatic rings. The van der Waals surface area contributed by atoms with Gasteiger partial charge in [-0.25, -0.2) is 24.9 Å². The molecular formula is C20H22N8O2. The van der Waals surface area contributed by atoms with Gasteiger partial charge in [-0.3, -0.25) is 0 Å². The molecule has 6 heterocycles. The van der Waals surface area contributed by atoms with Crippen molar-refractivity contribution in [2.45, 2.75) is 0 Å². The number of nitrogens with two attached hydrogens (primary N) is 1. The fourth-order valence-corrected chi connectivity index (χ4v) is 4.24. The van der Waals surface area contributed by atoms with Gasteiger partial charge in [0.2, 0.25) is 5.95 Å². The minimum absolute atomic E-state index is 0.225. The molecule has 154 valence electrons. The van der Waals surface area contributed by atoms with Gasteiger partial charge < -0.3 is 25.0 Å². The molecule has 3 aliphatic heterocycles. The zero-order valence-electron chi connectivity index (χ0n) is 16.5. The number of nitrogens with zero attached hydrogens (tertiary/aromatic N) is 7. The Labute approximate surface area is 173 Å². The number of hydrogen-bond acceptors (Lipinski definition) is 10. The number of nitrogen functional groups attached to an aromatic ring is 1. The van der Waals surface area contributed by atoms with Crippen LogP contribution in [-0.4, -0.2) is 77.5 Å². The van der Waals surface area contributed by atoms with Crippen LogP contribution < -0.4 is 15.5 Å². The molecule has 0 saturated carbocycles. The molecule has 0 bridgehead atoms. The van der Waals surface area contributed by atoms with Gasteiger partial charge in [-0.15, -0.1) is 0 Å². The van der Waals surface area contributed by atoms with Crippen molar-refractivity contribution in [1.82, 2.24) is 24.9 Å². The molecular weight excluding hydrogens is 384 g/mol. The van der Waals surface area contributed by atoms with E-state index in [-0.39, 0.29) is 5.95 Å². The third kappa shape index (κ3) is 2.91. The fourth-order valence-electron chi connectivity index (χ4n) is 4.24. The molecule has 0 aliphatic carbocycles. The number of aromatic nitrogens is 5. The van der Waals surface area contributed by atoms with Crippen molar-refractivity contribution in [3.63, 3.8) is 0 Å². The lowest BCUT2D eigenvalue weighted by atomic mass is 9.78. The van der Waals surface area contributed by atoms with E-state index in [2.05, 4.69) is 19.8 Å². The summed E-state index contributed by atoms with van der Waals surface area (Å²) in [4.78, 5) is 27.2. The van der Waals surface area contributed by atoms with E-state index in [1.807, 2.05) is 12.1 Å². The van der Waals surface area contributed by atoms with Gasteiger partial charge in [0.25, 0.3) is 0 Å². The molecule has 0 atom stereocenters. The van der Waals surface area contributed by atoms with Crippen molar-refractivity contribution in [3.8, 4) is 11.4 Å². The first-order chi connectivity index (χ1) is 14.7. The lowest BCUT2D eigenvalue weighted by molar-refractivity contribution is -0.127. The Kier molecular flexibility index (Phi) is 3.96. The highest BCUT2D eigenvalue weighted by Gasteiger charge is 2.49. The van der Waals surface area contributed by atoms with Crippen LogP contribution in [0.4, 0.5) is 17.6 Å². The average Bonchev–Trinajstić information content (AvgIpc) is 2.72. The Morgan fingerprint density at radius 1 is 0.900 bits per heavy atom. The Morgan fingerprint density at radius 3 is 2.37 bits per heavy atom.